The molecule has 0 atom stereocenters. The topological polar surface area (TPSA) is 30.7 Å². The van der Waals surface area contributed by atoms with Gasteiger partial charge >= 0.3 is 0 Å². The van der Waals surface area contributed by atoms with E-state index in [0.717, 1.165) is 22.5 Å². The molecule has 3 aromatic carbocycles. The molecule has 0 fully saturated rings. The van der Waals surface area contributed by atoms with Crippen molar-refractivity contribution in [2.45, 2.75) is 6.54 Å². The van der Waals surface area contributed by atoms with E-state index in [0.29, 0.717) is 22.4 Å². The van der Waals surface area contributed by atoms with Crippen molar-refractivity contribution in [1.82, 2.24) is 14.8 Å². The Morgan fingerprint density at radius 3 is 2.08 bits per heavy atom. The van der Waals surface area contributed by atoms with Crippen molar-refractivity contribution in [3.63, 3.8) is 0 Å². The van der Waals surface area contributed by atoms with E-state index in [2.05, 4.69) is 0 Å². The van der Waals surface area contributed by atoms with Crippen LogP contribution < -0.4 is 0 Å². The van der Waals surface area contributed by atoms with Crippen LogP contribution in [0, 0.1) is 0 Å². The molecule has 4 aromatic rings. The van der Waals surface area contributed by atoms with E-state index in [-0.39, 0.29) is 0 Å². The van der Waals surface area contributed by atoms with Crippen molar-refractivity contribution in [3.8, 4) is 22.8 Å². The first-order valence-corrected chi connectivity index (χ1v) is 8.96. The van der Waals surface area contributed by atoms with E-state index < -0.39 is 0 Å². The molecule has 0 saturated heterocycles. The molecule has 4 rings (SSSR count). The van der Waals surface area contributed by atoms with Gasteiger partial charge in [-0.05, 0) is 17.7 Å². The molecule has 26 heavy (non-hydrogen) atoms. The number of aromatic nitrogens is 3. The lowest BCUT2D eigenvalue weighted by Crippen LogP contribution is -2.05. The van der Waals surface area contributed by atoms with Gasteiger partial charge in [0.05, 0.1) is 6.54 Å². The molecule has 1 aromatic heterocycles. The van der Waals surface area contributed by atoms with E-state index in [4.69, 9.17) is 33.3 Å². The average molecular weight is 380 g/mol. The molecule has 0 unspecified atom stereocenters. The lowest BCUT2D eigenvalue weighted by atomic mass is 10.2. The number of nitrogens with zero attached hydrogens (tertiary/aromatic N) is 3. The summed E-state index contributed by atoms with van der Waals surface area (Å²) in [6.45, 7) is 0.514. The summed E-state index contributed by atoms with van der Waals surface area (Å²) in [5.41, 5.74) is 2.93. The monoisotopic (exact) mass is 379 g/mol. The van der Waals surface area contributed by atoms with E-state index >= 15 is 0 Å². The summed E-state index contributed by atoms with van der Waals surface area (Å²) < 4.78 is 1.88. The summed E-state index contributed by atoms with van der Waals surface area (Å²) >= 11 is 12.4. The van der Waals surface area contributed by atoms with Gasteiger partial charge in [-0.1, -0.05) is 89.9 Å². The van der Waals surface area contributed by atoms with Gasteiger partial charge < -0.3 is 0 Å². The molecule has 0 bridgehead atoms. The smallest absolute Gasteiger partial charge is 0.181 e. The Balaban J connectivity index is 1.80. The van der Waals surface area contributed by atoms with Crippen LogP contribution in [0.4, 0.5) is 0 Å². The molecule has 5 heteroatoms. The first-order valence-electron chi connectivity index (χ1n) is 8.20. The van der Waals surface area contributed by atoms with Gasteiger partial charge in [-0.2, -0.15) is 5.10 Å². The van der Waals surface area contributed by atoms with Crippen LogP contribution >= 0.6 is 23.2 Å². The minimum Gasteiger partial charge on any atom is -0.241 e. The third kappa shape index (κ3) is 3.50. The van der Waals surface area contributed by atoms with Crippen molar-refractivity contribution in [2.75, 3.05) is 0 Å². The van der Waals surface area contributed by atoms with Crippen LogP contribution in [-0.4, -0.2) is 14.8 Å². The van der Waals surface area contributed by atoms with Crippen LogP contribution in [0.3, 0.4) is 0 Å². The maximum Gasteiger partial charge on any atom is 0.181 e. The molecule has 0 aliphatic rings. The van der Waals surface area contributed by atoms with Gasteiger partial charge in [0.15, 0.2) is 11.6 Å². The minimum atomic E-state index is 0.514. The minimum absolute atomic E-state index is 0.514. The molecular formula is C21H15Cl2N3. The number of halogens is 2. The van der Waals surface area contributed by atoms with Crippen molar-refractivity contribution in [2.24, 2.45) is 0 Å². The third-order valence-electron chi connectivity index (χ3n) is 4.07. The van der Waals surface area contributed by atoms with Gasteiger partial charge in [-0.15, -0.1) is 0 Å². The Bertz CT molecular complexity index is 1030. The zero-order valence-corrected chi connectivity index (χ0v) is 15.3. The quantitative estimate of drug-likeness (QED) is 0.437. The highest BCUT2D eigenvalue weighted by atomic mass is 35.5. The zero-order chi connectivity index (χ0) is 17.9. The summed E-state index contributed by atoms with van der Waals surface area (Å²) in [7, 11) is 0. The molecule has 128 valence electrons. The van der Waals surface area contributed by atoms with Crippen molar-refractivity contribution in [3.05, 3.63) is 94.5 Å². The van der Waals surface area contributed by atoms with E-state index in [9.17, 15) is 0 Å². The Labute approximate surface area is 161 Å². The molecular weight excluding hydrogens is 365 g/mol. The second kappa shape index (κ2) is 7.32. The molecule has 0 saturated carbocycles. The van der Waals surface area contributed by atoms with E-state index in [1.54, 1.807) is 6.07 Å². The Morgan fingerprint density at radius 2 is 1.42 bits per heavy atom. The molecule has 1 heterocycles. The zero-order valence-electron chi connectivity index (χ0n) is 13.8. The van der Waals surface area contributed by atoms with Crippen LogP contribution in [0.1, 0.15) is 5.56 Å². The summed E-state index contributed by atoms with van der Waals surface area (Å²) in [6, 6.07) is 25.5. The molecule has 0 radical (unpaired) electrons. The number of rotatable bonds is 4. The van der Waals surface area contributed by atoms with E-state index in [1.165, 1.54) is 0 Å². The largest absolute Gasteiger partial charge is 0.241 e. The van der Waals surface area contributed by atoms with Crippen LogP contribution in [0.2, 0.25) is 10.0 Å². The lowest BCUT2D eigenvalue weighted by molar-refractivity contribution is 0.695. The van der Waals surface area contributed by atoms with Crippen LogP contribution in [0.5, 0.6) is 0 Å². The van der Waals surface area contributed by atoms with Gasteiger partial charge in [0.1, 0.15) is 0 Å². The number of hydrogen-bond donors (Lipinski definition) is 0. The fourth-order valence-electron chi connectivity index (χ4n) is 2.77. The summed E-state index contributed by atoms with van der Waals surface area (Å²) in [4.78, 5) is 4.78. The van der Waals surface area contributed by atoms with Crippen molar-refractivity contribution < 1.29 is 0 Å². The molecule has 0 aliphatic heterocycles. The Morgan fingerprint density at radius 1 is 0.769 bits per heavy atom. The van der Waals surface area contributed by atoms with Gasteiger partial charge in [0.2, 0.25) is 0 Å². The molecule has 3 nitrogen and oxygen atoms in total. The summed E-state index contributed by atoms with van der Waals surface area (Å²) in [5, 5.41) is 5.96. The van der Waals surface area contributed by atoms with E-state index in [1.807, 2.05) is 77.5 Å². The first-order chi connectivity index (χ1) is 12.7. The fraction of sp³-hybridized carbons (Fsp3) is 0.0476. The van der Waals surface area contributed by atoms with Gasteiger partial charge in [0.25, 0.3) is 0 Å². The number of hydrogen-bond acceptors (Lipinski definition) is 2. The summed E-state index contributed by atoms with van der Waals surface area (Å²) in [6.07, 6.45) is 0. The van der Waals surface area contributed by atoms with Crippen LogP contribution in [0.25, 0.3) is 22.8 Å². The predicted molar refractivity (Wildman–Crippen MR) is 106 cm³/mol. The van der Waals surface area contributed by atoms with Gasteiger partial charge in [-0.3, -0.25) is 0 Å². The standard InChI is InChI=1S/C21H15Cl2N3/c22-18-12-11-17(19(23)13-18)14-26-21(16-9-5-2-6-10-16)24-20(25-26)15-7-3-1-4-8-15/h1-13H,14H2. The average Bonchev–Trinajstić information content (AvgIpc) is 3.09. The molecule has 0 N–H and O–H groups in total. The SMILES string of the molecule is Clc1ccc(Cn2nc(-c3ccccc3)nc2-c2ccccc2)c(Cl)c1. The van der Waals surface area contributed by atoms with Gasteiger partial charge in [-0.25, -0.2) is 9.67 Å². The maximum atomic E-state index is 6.36. The normalized spacial score (nSPS) is 10.8. The highest BCUT2D eigenvalue weighted by molar-refractivity contribution is 6.35. The fourth-order valence-corrected chi connectivity index (χ4v) is 3.24. The molecule has 0 amide bonds. The number of benzene rings is 3. The van der Waals surface area contributed by atoms with Crippen molar-refractivity contribution in [1.29, 1.82) is 0 Å². The van der Waals surface area contributed by atoms with Crippen LogP contribution in [0.15, 0.2) is 78.9 Å². The summed E-state index contributed by atoms with van der Waals surface area (Å²) in [5.74, 6) is 1.49. The second-order valence-corrected chi connectivity index (χ2v) is 6.73. The van der Waals surface area contributed by atoms with Crippen molar-refractivity contribution >= 4 is 23.2 Å². The van der Waals surface area contributed by atoms with Crippen LogP contribution in [-0.2, 0) is 6.54 Å². The van der Waals surface area contributed by atoms with Gasteiger partial charge in [0, 0.05) is 21.2 Å². The molecule has 0 spiro atoms. The Hall–Kier alpha value is -2.62. The first kappa shape index (κ1) is 16.8. The highest BCUT2D eigenvalue weighted by Gasteiger charge is 2.14. The maximum absolute atomic E-state index is 6.36. The predicted octanol–water partition coefficient (Wildman–Crippen LogP) is 5.97. The second-order valence-electron chi connectivity index (χ2n) is 5.88. The molecule has 0 aliphatic carbocycles. The third-order valence-corrected chi connectivity index (χ3v) is 4.66. The Kier molecular flexibility index (Phi) is 4.74. The lowest BCUT2D eigenvalue weighted by Gasteiger charge is -2.08. The highest BCUT2D eigenvalue weighted by Crippen LogP contribution is 2.26.